The first-order valence-corrected chi connectivity index (χ1v) is 5.58. The highest BCUT2D eigenvalue weighted by atomic mass is 16.2. The van der Waals surface area contributed by atoms with Crippen molar-refractivity contribution in [2.75, 3.05) is 20.6 Å². The van der Waals surface area contributed by atoms with Gasteiger partial charge in [0.2, 0.25) is 11.8 Å². The lowest BCUT2D eigenvalue weighted by Crippen LogP contribution is -2.42. The summed E-state index contributed by atoms with van der Waals surface area (Å²) < 4.78 is 0. The number of amides is 2. The fraction of sp³-hybridized carbons (Fsp3) is 0.818. The van der Waals surface area contributed by atoms with E-state index in [1.165, 1.54) is 4.90 Å². The third kappa shape index (κ3) is 6.40. The molecule has 94 valence electrons. The van der Waals surface area contributed by atoms with Crippen LogP contribution in [0.5, 0.6) is 0 Å². The smallest absolute Gasteiger partial charge is 0.236 e. The Labute approximate surface area is 97.4 Å². The molecule has 0 aliphatic rings. The van der Waals surface area contributed by atoms with E-state index in [9.17, 15) is 9.59 Å². The third-order valence-electron chi connectivity index (χ3n) is 2.20. The largest absolute Gasteiger partial charge is 0.354 e. The van der Waals surface area contributed by atoms with Crippen LogP contribution in [0.4, 0.5) is 0 Å². The van der Waals surface area contributed by atoms with Gasteiger partial charge in [-0.15, -0.1) is 0 Å². The highest BCUT2D eigenvalue weighted by Gasteiger charge is 2.14. The zero-order valence-electron chi connectivity index (χ0n) is 10.6. The molecule has 0 saturated carbocycles. The average Bonchev–Trinajstić information content (AvgIpc) is 2.15. The average molecular weight is 229 g/mol. The quantitative estimate of drug-likeness (QED) is 0.671. The summed E-state index contributed by atoms with van der Waals surface area (Å²) in [7, 11) is 3.38. The van der Waals surface area contributed by atoms with Gasteiger partial charge in [-0.2, -0.15) is 0 Å². The zero-order chi connectivity index (χ0) is 12.7. The number of nitrogens with zero attached hydrogens (tertiary/aromatic N) is 1. The molecule has 2 amide bonds. The van der Waals surface area contributed by atoms with Crippen LogP contribution in [0.15, 0.2) is 0 Å². The number of rotatable bonds is 6. The van der Waals surface area contributed by atoms with Gasteiger partial charge < -0.3 is 16.0 Å². The molecular formula is C11H23N3O2. The summed E-state index contributed by atoms with van der Waals surface area (Å²) in [5, 5.41) is 2.66. The van der Waals surface area contributed by atoms with Crippen molar-refractivity contribution in [3.63, 3.8) is 0 Å². The van der Waals surface area contributed by atoms with Crippen LogP contribution in [-0.4, -0.2) is 43.4 Å². The van der Waals surface area contributed by atoms with Crippen molar-refractivity contribution in [2.45, 2.75) is 32.7 Å². The van der Waals surface area contributed by atoms with Crippen molar-refractivity contribution in [2.24, 2.45) is 11.7 Å². The first-order valence-electron chi connectivity index (χ1n) is 5.58. The summed E-state index contributed by atoms with van der Waals surface area (Å²) >= 11 is 0. The van der Waals surface area contributed by atoms with Crippen LogP contribution in [0.25, 0.3) is 0 Å². The van der Waals surface area contributed by atoms with E-state index in [-0.39, 0.29) is 11.8 Å². The van der Waals surface area contributed by atoms with Crippen LogP contribution >= 0.6 is 0 Å². The highest BCUT2D eigenvalue weighted by molar-refractivity contribution is 5.82. The minimum atomic E-state index is -0.477. The van der Waals surface area contributed by atoms with Crippen LogP contribution in [0.2, 0.25) is 0 Å². The molecule has 0 saturated heterocycles. The summed E-state index contributed by atoms with van der Waals surface area (Å²) in [6.07, 6.45) is 0.973. The molecule has 1 unspecified atom stereocenters. The van der Waals surface area contributed by atoms with Crippen LogP contribution in [0, 0.1) is 5.92 Å². The number of nitrogens with one attached hydrogen (secondary N) is 1. The highest BCUT2D eigenvalue weighted by Crippen LogP contribution is 2.02. The number of hydrogen-bond acceptors (Lipinski definition) is 3. The summed E-state index contributed by atoms with van der Waals surface area (Å²) in [6, 6.07) is -0.477. The maximum Gasteiger partial charge on any atom is 0.236 e. The Morgan fingerprint density at radius 1 is 1.31 bits per heavy atom. The monoisotopic (exact) mass is 229 g/mol. The van der Waals surface area contributed by atoms with Crippen LogP contribution in [0.3, 0.4) is 0 Å². The molecule has 5 nitrogen and oxygen atoms in total. The standard InChI is InChI=1S/C11H23N3O2/c1-8(2)7-9(12)11(16)13-6-5-10(15)14(3)4/h8-9H,5-7,12H2,1-4H3,(H,13,16). The number of carbonyl (C=O) groups is 2. The number of nitrogens with two attached hydrogens (primary N) is 1. The van der Waals surface area contributed by atoms with Crippen LogP contribution in [-0.2, 0) is 9.59 Å². The van der Waals surface area contributed by atoms with Crippen molar-refractivity contribution < 1.29 is 9.59 Å². The molecule has 16 heavy (non-hydrogen) atoms. The molecule has 0 spiro atoms. The zero-order valence-corrected chi connectivity index (χ0v) is 10.6. The Hall–Kier alpha value is -1.10. The van der Waals surface area contributed by atoms with Crippen molar-refractivity contribution >= 4 is 11.8 Å². The minimum absolute atomic E-state index is 0.00210. The lowest BCUT2D eigenvalue weighted by molar-refractivity contribution is -0.128. The summed E-state index contributed by atoms with van der Waals surface area (Å²) in [5.41, 5.74) is 5.69. The molecule has 1 atom stereocenters. The Kier molecular flexibility index (Phi) is 6.72. The van der Waals surface area contributed by atoms with Crippen molar-refractivity contribution in [1.29, 1.82) is 0 Å². The van der Waals surface area contributed by atoms with Gasteiger partial charge in [-0.3, -0.25) is 9.59 Å². The second kappa shape index (κ2) is 7.22. The van der Waals surface area contributed by atoms with Crippen LogP contribution in [0.1, 0.15) is 26.7 Å². The van der Waals surface area contributed by atoms with E-state index < -0.39 is 6.04 Å². The molecule has 0 aromatic carbocycles. The van der Waals surface area contributed by atoms with E-state index in [0.717, 1.165) is 0 Å². The van der Waals surface area contributed by atoms with Gasteiger partial charge >= 0.3 is 0 Å². The normalized spacial score (nSPS) is 12.4. The van der Waals surface area contributed by atoms with Gasteiger partial charge in [0.1, 0.15) is 0 Å². The Balaban J connectivity index is 3.77. The van der Waals surface area contributed by atoms with Gasteiger partial charge in [0.25, 0.3) is 0 Å². The minimum Gasteiger partial charge on any atom is -0.354 e. The third-order valence-corrected chi connectivity index (χ3v) is 2.20. The fourth-order valence-electron chi connectivity index (χ4n) is 1.26. The van der Waals surface area contributed by atoms with Crippen LogP contribution < -0.4 is 11.1 Å². The molecule has 5 heteroatoms. The summed E-state index contributed by atoms with van der Waals surface area (Å²) in [4.78, 5) is 24.2. The lowest BCUT2D eigenvalue weighted by Gasteiger charge is -2.15. The maximum absolute atomic E-state index is 11.5. The second-order valence-electron chi connectivity index (χ2n) is 4.57. The van der Waals surface area contributed by atoms with Gasteiger partial charge in [0.15, 0.2) is 0 Å². The molecule has 3 N–H and O–H groups in total. The topological polar surface area (TPSA) is 75.4 Å². The molecule has 0 radical (unpaired) electrons. The Bertz CT molecular complexity index is 239. The molecule has 0 aromatic rings. The molecule has 0 bridgehead atoms. The molecular weight excluding hydrogens is 206 g/mol. The molecule has 0 heterocycles. The molecule has 0 fully saturated rings. The molecule has 0 aromatic heterocycles. The molecule has 0 aliphatic heterocycles. The van der Waals surface area contributed by atoms with E-state index in [1.54, 1.807) is 14.1 Å². The van der Waals surface area contributed by atoms with Gasteiger partial charge in [-0.25, -0.2) is 0 Å². The van der Waals surface area contributed by atoms with Gasteiger partial charge in [-0.1, -0.05) is 13.8 Å². The van der Waals surface area contributed by atoms with E-state index in [0.29, 0.717) is 25.3 Å². The van der Waals surface area contributed by atoms with E-state index in [1.807, 2.05) is 13.8 Å². The van der Waals surface area contributed by atoms with Gasteiger partial charge in [0.05, 0.1) is 6.04 Å². The van der Waals surface area contributed by atoms with Gasteiger partial charge in [-0.05, 0) is 12.3 Å². The van der Waals surface area contributed by atoms with E-state index in [4.69, 9.17) is 5.73 Å². The Morgan fingerprint density at radius 3 is 2.31 bits per heavy atom. The first kappa shape index (κ1) is 14.9. The second-order valence-corrected chi connectivity index (χ2v) is 4.57. The van der Waals surface area contributed by atoms with Crippen molar-refractivity contribution in [1.82, 2.24) is 10.2 Å². The first-order chi connectivity index (χ1) is 7.34. The van der Waals surface area contributed by atoms with Crippen molar-refractivity contribution in [3.05, 3.63) is 0 Å². The number of hydrogen-bond donors (Lipinski definition) is 2. The predicted molar refractivity (Wildman–Crippen MR) is 63.8 cm³/mol. The molecule has 0 rings (SSSR count). The van der Waals surface area contributed by atoms with E-state index >= 15 is 0 Å². The SMILES string of the molecule is CC(C)CC(N)C(=O)NCCC(=O)N(C)C. The lowest BCUT2D eigenvalue weighted by atomic mass is 10.0. The van der Waals surface area contributed by atoms with Gasteiger partial charge in [0, 0.05) is 27.1 Å². The number of carbonyl (C=O) groups excluding carboxylic acids is 2. The van der Waals surface area contributed by atoms with E-state index in [2.05, 4.69) is 5.32 Å². The summed E-state index contributed by atoms with van der Waals surface area (Å²) in [5.74, 6) is 0.210. The predicted octanol–water partition coefficient (Wildman–Crippen LogP) is -0.0457. The van der Waals surface area contributed by atoms with Crippen molar-refractivity contribution in [3.8, 4) is 0 Å². The summed E-state index contributed by atoms with van der Waals surface area (Å²) in [6.45, 7) is 4.38. The molecule has 0 aliphatic carbocycles. The maximum atomic E-state index is 11.5. The Morgan fingerprint density at radius 2 is 1.88 bits per heavy atom. The fourth-order valence-corrected chi connectivity index (χ4v) is 1.26.